The van der Waals surface area contributed by atoms with Crippen molar-refractivity contribution in [2.24, 2.45) is 5.92 Å². The van der Waals surface area contributed by atoms with E-state index in [9.17, 15) is 14.7 Å². The number of aliphatic hydroxyl groups is 1. The summed E-state index contributed by atoms with van der Waals surface area (Å²) in [6, 6.07) is 11.6. The zero-order chi connectivity index (χ0) is 22.1. The third kappa shape index (κ3) is 3.83. The van der Waals surface area contributed by atoms with E-state index < -0.39 is 17.7 Å². The van der Waals surface area contributed by atoms with Gasteiger partial charge in [0.15, 0.2) is 23.0 Å². The van der Waals surface area contributed by atoms with E-state index >= 15 is 0 Å². The van der Waals surface area contributed by atoms with Gasteiger partial charge < -0.3 is 19.3 Å². The van der Waals surface area contributed by atoms with E-state index in [0.29, 0.717) is 35.1 Å². The largest absolute Gasteiger partial charge is 0.503 e. The van der Waals surface area contributed by atoms with Crippen molar-refractivity contribution in [3.05, 3.63) is 59.4 Å². The van der Waals surface area contributed by atoms with Crippen LogP contribution in [0.1, 0.15) is 38.8 Å². The molecule has 162 valence electrons. The lowest BCUT2D eigenvalue weighted by atomic mass is 9.92. The fourth-order valence-corrected chi connectivity index (χ4v) is 3.93. The molecule has 1 unspecified atom stereocenters. The van der Waals surface area contributed by atoms with E-state index in [0.717, 1.165) is 0 Å². The maximum Gasteiger partial charge on any atom is 0.294 e. The number of anilines is 1. The molecule has 0 saturated carbocycles. The highest BCUT2D eigenvalue weighted by atomic mass is 16.7. The monoisotopic (exact) mass is 423 g/mol. The van der Waals surface area contributed by atoms with Crippen LogP contribution in [0.2, 0.25) is 0 Å². The van der Waals surface area contributed by atoms with Crippen LogP contribution in [0.4, 0.5) is 5.69 Å². The van der Waals surface area contributed by atoms with Gasteiger partial charge in [-0.25, -0.2) is 0 Å². The molecule has 0 bridgehead atoms. The van der Waals surface area contributed by atoms with Crippen LogP contribution in [0, 0.1) is 5.92 Å². The van der Waals surface area contributed by atoms with Crippen molar-refractivity contribution < 1.29 is 28.9 Å². The Bertz CT molecular complexity index is 1060. The van der Waals surface area contributed by atoms with Gasteiger partial charge in [-0.3, -0.25) is 14.5 Å². The molecule has 1 amide bonds. The van der Waals surface area contributed by atoms with Gasteiger partial charge in [0.05, 0.1) is 18.2 Å². The van der Waals surface area contributed by atoms with E-state index in [2.05, 4.69) is 0 Å². The molecule has 1 N–H and O–H groups in total. The molecule has 0 spiro atoms. The Hall–Kier alpha value is -3.48. The molecule has 0 radical (unpaired) electrons. The van der Waals surface area contributed by atoms with Gasteiger partial charge in [-0.1, -0.05) is 26.0 Å². The average Bonchev–Trinajstić information content (AvgIpc) is 3.30. The predicted octanol–water partition coefficient (Wildman–Crippen LogP) is 4.33. The standard InChI is InChI=1S/C24H25NO6/c1-4-29-17-7-5-6-15(11-17)22-21(18(26)10-14(2)3)23(27)24(28)25(22)16-8-9-19-20(12-16)31-13-30-19/h5-9,11-12,14,22,27H,4,10,13H2,1-3H3. The first-order valence-corrected chi connectivity index (χ1v) is 10.3. The van der Waals surface area contributed by atoms with E-state index in [-0.39, 0.29) is 30.5 Å². The van der Waals surface area contributed by atoms with E-state index in [1.54, 1.807) is 24.3 Å². The number of fused-ring (bicyclic) bond motifs is 1. The number of ketones is 1. The molecule has 7 nitrogen and oxygen atoms in total. The molecule has 0 fully saturated rings. The van der Waals surface area contributed by atoms with Crippen LogP contribution in [0.15, 0.2) is 53.8 Å². The minimum Gasteiger partial charge on any atom is -0.503 e. The highest BCUT2D eigenvalue weighted by Crippen LogP contribution is 2.45. The van der Waals surface area contributed by atoms with Crippen molar-refractivity contribution in [1.29, 1.82) is 0 Å². The van der Waals surface area contributed by atoms with Crippen molar-refractivity contribution in [3.8, 4) is 17.2 Å². The number of hydrogen-bond donors (Lipinski definition) is 1. The summed E-state index contributed by atoms with van der Waals surface area (Å²) in [4.78, 5) is 27.7. The summed E-state index contributed by atoms with van der Waals surface area (Å²) in [6.45, 7) is 6.32. The molecule has 2 aliphatic heterocycles. The summed E-state index contributed by atoms with van der Waals surface area (Å²) in [5, 5.41) is 10.8. The number of ether oxygens (including phenoxy) is 3. The fourth-order valence-electron chi connectivity index (χ4n) is 3.93. The summed E-state index contributed by atoms with van der Waals surface area (Å²) in [7, 11) is 0. The molecule has 2 aromatic rings. The Kier molecular flexibility index (Phi) is 5.59. The highest BCUT2D eigenvalue weighted by Gasteiger charge is 2.44. The molecule has 1 atom stereocenters. The number of Topliss-reactive ketones (excluding diaryl/α,β-unsaturated/α-hetero) is 1. The maximum atomic E-state index is 13.2. The van der Waals surface area contributed by atoms with E-state index in [1.165, 1.54) is 4.90 Å². The third-order valence-corrected chi connectivity index (χ3v) is 5.22. The summed E-state index contributed by atoms with van der Waals surface area (Å²) >= 11 is 0. The SMILES string of the molecule is CCOc1cccc(C2C(C(=O)CC(C)C)=C(O)C(=O)N2c2ccc3c(c2)OCO3)c1. The Morgan fingerprint density at radius 3 is 2.71 bits per heavy atom. The number of rotatable bonds is 7. The Balaban J connectivity index is 1.83. The van der Waals surface area contributed by atoms with Gasteiger partial charge in [0.1, 0.15) is 5.75 Å². The van der Waals surface area contributed by atoms with Gasteiger partial charge in [-0.15, -0.1) is 0 Å². The van der Waals surface area contributed by atoms with Crippen LogP contribution < -0.4 is 19.1 Å². The number of benzene rings is 2. The molecular formula is C24H25NO6. The van der Waals surface area contributed by atoms with Gasteiger partial charge in [0.25, 0.3) is 5.91 Å². The number of aliphatic hydroxyl groups excluding tert-OH is 1. The summed E-state index contributed by atoms with van der Waals surface area (Å²) in [6.07, 6.45) is 0.225. The van der Waals surface area contributed by atoms with Crippen LogP contribution in [0.5, 0.6) is 17.2 Å². The summed E-state index contributed by atoms with van der Waals surface area (Å²) < 4.78 is 16.4. The van der Waals surface area contributed by atoms with Gasteiger partial charge in [-0.05, 0) is 42.7 Å². The molecule has 0 aliphatic carbocycles. The number of hydrogen-bond acceptors (Lipinski definition) is 6. The topological polar surface area (TPSA) is 85.3 Å². The number of carbonyl (C=O) groups is 2. The third-order valence-electron chi connectivity index (χ3n) is 5.22. The zero-order valence-electron chi connectivity index (χ0n) is 17.8. The smallest absolute Gasteiger partial charge is 0.294 e. The second kappa shape index (κ2) is 8.34. The van der Waals surface area contributed by atoms with Crippen LogP contribution in [-0.4, -0.2) is 30.2 Å². The molecule has 0 aromatic heterocycles. The molecule has 7 heteroatoms. The average molecular weight is 423 g/mol. The van der Waals surface area contributed by atoms with Crippen molar-refractivity contribution >= 4 is 17.4 Å². The second-order valence-electron chi connectivity index (χ2n) is 7.90. The number of nitrogens with zero attached hydrogens (tertiary/aromatic N) is 1. The molecule has 2 aromatic carbocycles. The first-order valence-electron chi connectivity index (χ1n) is 10.3. The van der Waals surface area contributed by atoms with Gasteiger partial charge in [0.2, 0.25) is 6.79 Å². The lowest BCUT2D eigenvalue weighted by molar-refractivity contribution is -0.118. The second-order valence-corrected chi connectivity index (χ2v) is 7.90. The Morgan fingerprint density at radius 2 is 1.97 bits per heavy atom. The van der Waals surface area contributed by atoms with Crippen LogP contribution >= 0.6 is 0 Å². The Labute approximate surface area is 180 Å². The lowest BCUT2D eigenvalue weighted by Gasteiger charge is -2.27. The van der Waals surface area contributed by atoms with E-state index in [4.69, 9.17) is 14.2 Å². The van der Waals surface area contributed by atoms with Gasteiger partial charge in [0, 0.05) is 18.2 Å². The molecule has 0 saturated heterocycles. The maximum absolute atomic E-state index is 13.2. The van der Waals surface area contributed by atoms with Crippen molar-refractivity contribution in [1.82, 2.24) is 0 Å². The molecule has 4 rings (SSSR count). The van der Waals surface area contributed by atoms with Crippen molar-refractivity contribution in [2.45, 2.75) is 33.2 Å². The van der Waals surface area contributed by atoms with Crippen molar-refractivity contribution in [3.63, 3.8) is 0 Å². The number of amides is 1. The molecule has 31 heavy (non-hydrogen) atoms. The molecule has 2 aliphatic rings. The molecular weight excluding hydrogens is 398 g/mol. The van der Waals surface area contributed by atoms with Crippen molar-refractivity contribution in [2.75, 3.05) is 18.3 Å². The van der Waals surface area contributed by atoms with Crippen LogP contribution in [-0.2, 0) is 9.59 Å². The van der Waals surface area contributed by atoms with Crippen LogP contribution in [0.25, 0.3) is 0 Å². The Morgan fingerprint density at radius 1 is 1.19 bits per heavy atom. The quantitative estimate of drug-likeness (QED) is 0.714. The summed E-state index contributed by atoms with van der Waals surface area (Å²) in [5.41, 5.74) is 1.28. The number of carbonyl (C=O) groups excluding carboxylic acids is 2. The normalized spacial score (nSPS) is 17.6. The lowest BCUT2D eigenvalue weighted by Crippen LogP contribution is -2.31. The highest BCUT2D eigenvalue weighted by molar-refractivity contribution is 6.16. The minimum absolute atomic E-state index is 0.0814. The predicted molar refractivity (Wildman–Crippen MR) is 115 cm³/mol. The fraction of sp³-hybridized carbons (Fsp3) is 0.333. The zero-order valence-corrected chi connectivity index (χ0v) is 17.8. The first kappa shape index (κ1) is 20.8. The van der Waals surface area contributed by atoms with Gasteiger partial charge >= 0.3 is 0 Å². The van der Waals surface area contributed by atoms with E-state index in [1.807, 2.05) is 39.0 Å². The minimum atomic E-state index is -0.778. The molecule has 2 heterocycles. The van der Waals surface area contributed by atoms with Gasteiger partial charge in [-0.2, -0.15) is 0 Å². The van der Waals surface area contributed by atoms with Crippen LogP contribution in [0.3, 0.4) is 0 Å². The summed E-state index contributed by atoms with van der Waals surface area (Å²) in [5.74, 6) is 0.397. The first-order chi connectivity index (χ1) is 14.9.